The molecule has 0 aliphatic rings. The molecule has 2 aromatic carbocycles. The molecule has 1 atom stereocenters. The van der Waals surface area contributed by atoms with Gasteiger partial charge in [0, 0.05) is 0 Å². The van der Waals surface area contributed by atoms with E-state index in [1.165, 1.54) is 32.0 Å². The Morgan fingerprint density at radius 3 is 2.16 bits per heavy atom. The molecule has 0 spiro atoms. The molecular formula is C20H22ClF4O5P. The van der Waals surface area contributed by atoms with E-state index in [0.29, 0.717) is 17.5 Å². The first kappa shape index (κ1) is 25.5. The Kier molecular flexibility index (Phi) is 8.03. The van der Waals surface area contributed by atoms with Crippen LogP contribution in [0, 0.1) is 25.6 Å². The standard InChI is InChI=1S/C20H22ClF4O5P/c1-4-5-13(20(23,24)25)10-29-15-6-7-16(18(22)17(15)21)30-19-11(2)8-14(9-12(19)3)31(26,27)28/h6-9,13H,4-5,10H2,1-3H3,(H2,26,27,28)/t13-/m1/s1. The first-order valence-electron chi connectivity index (χ1n) is 9.28. The number of ether oxygens (including phenoxy) is 2. The molecule has 0 aliphatic heterocycles. The molecule has 2 aromatic rings. The highest BCUT2D eigenvalue weighted by atomic mass is 35.5. The van der Waals surface area contributed by atoms with E-state index in [1.807, 2.05) is 0 Å². The molecular weight excluding hydrogens is 463 g/mol. The van der Waals surface area contributed by atoms with Crippen molar-refractivity contribution in [3.05, 3.63) is 46.2 Å². The van der Waals surface area contributed by atoms with Crippen LogP contribution >= 0.6 is 19.2 Å². The fourth-order valence-corrected chi connectivity index (χ4v) is 3.89. The maximum absolute atomic E-state index is 14.7. The molecule has 172 valence electrons. The number of hydrogen-bond donors (Lipinski definition) is 2. The molecule has 0 radical (unpaired) electrons. The van der Waals surface area contributed by atoms with Crippen molar-refractivity contribution < 1.29 is 41.4 Å². The Morgan fingerprint density at radius 1 is 1.13 bits per heavy atom. The highest BCUT2D eigenvalue weighted by Crippen LogP contribution is 2.40. The molecule has 0 saturated carbocycles. The van der Waals surface area contributed by atoms with Gasteiger partial charge >= 0.3 is 13.8 Å². The number of benzene rings is 2. The summed E-state index contributed by atoms with van der Waals surface area (Å²) < 4.78 is 75.9. The topological polar surface area (TPSA) is 76.0 Å². The number of alkyl halides is 3. The summed E-state index contributed by atoms with van der Waals surface area (Å²) in [4.78, 5) is 18.6. The zero-order chi connectivity index (χ0) is 23.6. The van der Waals surface area contributed by atoms with E-state index in [9.17, 15) is 31.9 Å². The summed E-state index contributed by atoms with van der Waals surface area (Å²) in [6.07, 6.45) is -4.27. The summed E-state index contributed by atoms with van der Waals surface area (Å²) in [5.74, 6) is -3.13. The van der Waals surface area contributed by atoms with Crippen molar-refractivity contribution in [3.63, 3.8) is 0 Å². The second-order valence-corrected chi connectivity index (χ2v) is 9.07. The van der Waals surface area contributed by atoms with Crippen LogP contribution < -0.4 is 14.8 Å². The first-order chi connectivity index (χ1) is 14.3. The van der Waals surface area contributed by atoms with Gasteiger partial charge in [-0.15, -0.1) is 0 Å². The van der Waals surface area contributed by atoms with Crippen molar-refractivity contribution in [2.45, 2.75) is 39.8 Å². The lowest BCUT2D eigenvalue weighted by atomic mass is 10.0. The summed E-state index contributed by atoms with van der Waals surface area (Å²) in [5.41, 5.74) is 0.698. The normalized spacial score (nSPS) is 13.2. The summed E-state index contributed by atoms with van der Waals surface area (Å²) in [6, 6.07) is 4.82. The molecule has 0 unspecified atom stereocenters. The molecule has 0 amide bonds. The molecule has 2 N–H and O–H groups in total. The second-order valence-electron chi connectivity index (χ2n) is 7.08. The molecule has 31 heavy (non-hydrogen) atoms. The summed E-state index contributed by atoms with van der Waals surface area (Å²) in [6.45, 7) is 3.99. The minimum atomic E-state index is -4.48. The van der Waals surface area contributed by atoms with Gasteiger partial charge in [-0.1, -0.05) is 24.9 Å². The lowest BCUT2D eigenvalue weighted by molar-refractivity contribution is -0.183. The van der Waals surface area contributed by atoms with E-state index in [-0.39, 0.29) is 29.0 Å². The van der Waals surface area contributed by atoms with Crippen LogP contribution in [0.25, 0.3) is 0 Å². The van der Waals surface area contributed by atoms with E-state index in [0.717, 1.165) is 6.07 Å². The number of rotatable bonds is 8. The van der Waals surface area contributed by atoms with E-state index in [2.05, 4.69) is 0 Å². The van der Waals surface area contributed by atoms with Crippen molar-refractivity contribution >= 4 is 24.5 Å². The Bertz CT molecular complexity index is 967. The van der Waals surface area contributed by atoms with Crippen LogP contribution in [0.4, 0.5) is 17.6 Å². The molecule has 0 heterocycles. The molecule has 0 fully saturated rings. The Hall–Kier alpha value is -1.80. The zero-order valence-electron chi connectivity index (χ0n) is 17.0. The SMILES string of the molecule is CCC[C@H](COc1ccc(Oc2c(C)cc(P(=O)(O)O)cc2C)c(F)c1Cl)C(F)(F)F. The van der Waals surface area contributed by atoms with Crippen molar-refractivity contribution in [1.82, 2.24) is 0 Å². The van der Waals surface area contributed by atoms with Gasteiger partial charge in [0.05, 0.1) is 17.8 Å². The van der Waals surface area contributed by atoms with Gasteiger partial charge in [-0.2, -0.15) is 13.2 Å². The minimum Gasteiger partial charge on any atom is -0.491 e. The maximum Gasteiger partial charge on any atom is 0.395 e. The van der Waals surface area contributed by atoms with Crippen LogP contribution in [0.1, 0.15) is 30.9 Å². The third-order valence-electron chi connectivity index (χ3n) is 4.54. The number of hydrogen-bond acceptors (Lipinski definition) is 3. The zero-order valence-corrected chi connectivity index (χ0v) is 18.6. The van der Waals surface area contributed by atoms with Gasteiger partial charge in [0.25, 0.3) is 0 Å². The van der Waals surface area contributed by atoms with Crippen LogP contribution in [0.2, 0.25) is 5.02 Å². The van der Waals surface area contributed by atoms with Crippen molar-refractivity contribution in [1.29, 1.82) is 0 Å². The van der Waals surface area contributed by atoms with E-state index < -0.39 is 37.1 Å². The van der Waals surface area contributed by atoms with Crippen molar-refractivity contribution in [2.24, 2.45) is 5.92 Å². The third kappa shape index (κ3) is 6.35. The quantitative estimate of drug-likeness (QED) is 0.352. The number of aryl methyl sites for hydroxylation is 2. The monoisotopic (exact) mass is 484 g/mol. The van der Waals surface area contributed by atoms with Gasteiger partial charge in [-0.05, 0) is 55.7 Å². The van der Waals surface area contributed by atoms with Gasteiger partial charge in [-0.25, -0.2) is 4.39 Å². The first-order valence-corrected chi connectivity index (χ1v) is 11.3. The van der Waals surface area contributed by atoms with Crippen LogP contribution in [0.5, 0.6) is 17.2 Å². The Labute approximate surface area is 182 Å². The van der Waals surface area contributed by atoms with Crippen molar-refractivity contribution in [3.8, 4) is 17.2 Å². The molecule has 0 aromatic heterocycles. The highest BCUT2D eigenvalue weighted by Gasteiger charge is 2.39. The van der Waals surface area contributed by atoms with Crippen LogP contribution in [-0.2, 0) is 4.57 Å². The van der Waals surface area contributed by atoms with Gasteiger partial charge in [0.1, 0.15) is 16.5 Å². The van der Waals surface area contributed by atoms with Crippen LogP contribution in [0.3, 0.4) is 0 Å². The molecule has 11 heteroatoms. The van der Waals surface area contributed by atoms with Crippen LogP contribution in [0.15, 0.2) is 24.3 Å². The van der Waals surface area contributed by atoms with E-state index in [4.69, 9.17) is 21.1 Å². The van der Waals surface area contributed by atoms with Crippen LogP contribution in [-0.4, -0.2) is 22.6 Å². The molecule has 0 saturated heterocycles. The predicted molar refractivity (Wildman–Crippen MR) is 109 cm³/mol. The fraction of sp³-hybridized carbons (Fsp3) is 0.400. The maximum atomic E-state index is 14.7. The fourth-order valence-electron chi connectivity index (χ4n) is 2.95. The minimum absolute atomic E-state index is 0.131. The second kappa shape index (κ2) is 9.77. The van der Waals surface area contributed by atoms with Gasteiger partial charge in [-0.3, -0.25) is 4.57 Å². The van der Waals surface area contributed by atoms with Gasteiger partial charge in [0.2, 0.25) is 0 Å². The molecule has 0 bridgehead atoms. The smallest absolute Gasteiger partial charge is 0.395 e. The predicted octanol–water partition coefficient (Wildman–Crippen LogP) is 6.05. The van der Waals surface area contributed by atoms with E-state index in [1.54, 1.807) is 6.92 Å². The molecule has 5 nitrogen and oxygen atoms in total. The summed E-state index contributed by atoms with van der Waals surface area (Å²) in [5, 5.41) is -0.736. The Morgan fingerprint density at radius 2 is 1.68 bits per heavy atom. The van der Waals surface area contributed by atoms with E-state index >= 15 is 0 Å². The summed E-state index contributed by atoms with van der Waals surface area (Å²) in [7, 11) is -4.48. The highest BCUT2D eigenvalue weighted by molar-refractivity contribution is 7.60. The molecule has 0 aliphatic carbocycles. The van der Waals surface area contributed by atoms with Crippen molar-refractivity contribution in [2.75, 3.05) is 6.61 Å². The van der Waals surface area contributed by atoms with Gasteiger partial charge < -0.3 is 19.3 Å². The number of halogens is 5. The lowest BCUT2D eigenvalue weighted by Crippen LogP contribution is -2.28. The third-order valence-corrected chi connectivity index (χ3v) is 5.83. The largest absolute Gasteiger partial charge is 0.491 e. The van der Waals surface area contributed by atoms with Gasteiger partial charge in [0.15, 0.2) is 11.6 Å². The average Bonchev–Trinajstić information content (AvgIpc) is 2.64. The summed E-state index contributed by atoms with van der Waals surface area (Å²) >= 11 is 5.94. The molecule has 2 rings (SSSR count). The Balaban J connectivity index is 2.26. The lowest BCUT2D eigenvalue weighted by Gasteiger charge is -2.21. The average molecular weight is 485 g/mol.